The molecule has 5 heteroatoms. The number of ether oxygens (including phenoxy) is 1. The summed E-state index contributed by atoms with van der Waals surface area (Å²) in [6.45, 7) is 3.84. The van der Waals surface area contributed by atoms with Crippen molar-refractivity contribution in [3.05, 3.63) is 77.4 Å². The maximum atomic E-state index is 12.4. The third-order valence-corrected chi connectivity index (χ3v) is 4.36. The maximum absolute atomic E-state index is 12.4. The monoisotopic (exact) mass is 363 g/mol. The first kappa shape index (κ1) is 18.5. The lowest BCUT2D eigenvalue weighted by Crippen LogP contribution is -2.35. The van der Waals surface area contributed by atoms with Crippen LogP contribution < -0.4 is 5.32 Å². The first-order valence-corrected chi connectivity index (χ1v) is 8.70. The van der Waals surface area contributed by atoms with Gasteiger partial charge in [0.15, 0.2) is 6.10 Å². The van der Waals surface area contributed by atoms with Crippen molar-refractivity contribution in [2.75, 3.05) is 0 Å². The van der Waals surface area contributed by atoms with Crippen LogP contribution in [0, 0.1) is 6.92 Å². The first-order chi connectivity index (χ1) is 13.0. The Labute approximate surface area is 157 Å². The Morgan fingerprint density at radius 1 is 1.04 bits per heavy atom. The predicted molar refractivity (Wildman–Crippen MR) is 104 cm³/mol. The summed E-state index contributed by atoms with van der Waals surface area (Å²) in [5.41, 5.74) is 2.13. The Bertz CT molecular complexity index is 979. The zero-order chi connectivity index (χ0) is 19.4. The van der Waals surface area contributed by atoms with Gasteiger partial charge >= 0.3 is 5.97 Å². The molecule has 3 aromatic carbocycles. The molecule has 3 aromatic rings. The molecule has 0 unspecified atom stereocenters. The number of hydrogen-bond acceptors (Lipinski definition) is 4. The largest absolute Gasteiger partial charge is 0.506 e. The molecule has 0 fully saturated rings. The molecule has 0 saturated heterocycles. The first-order valence-electron chi connectivity index (χ1n) is 8.70. The van der Waals surface area contributed by atoms with Crippen LogP contribution in [0.4, 0.5) is 0 Å². The number of aromatic hydroxyl groups is 1. The molecular weight excluding hydrogens is 342 g/mol. The van der Waals surface area contributed by atoms with Crippen molar-refractivity contribution in [3.8, 4) is 5.75 Å². The highest BCUT2D eigenvalue weighted by Gasteiger charge is 2.21. The number of hydrogen-bond donors (Lipinski definition) is 2. The molecule has 0 radical (unpaired) electrons. The Hall–Kier alpha value is -3.34. The van der Waals surface area contributed by atoms with E-state index in [1.165, 1.54) is 13.0 Å². The van der Waals surface area contributed by atoms with Gasteiger partial charge in [0, 0.05) is 11.9 Å². The molecule has 1 amide bonds. The van der Waals surface area contributed by atoms with Crippen LogP contribution in [0.15, 0.2) is 60.7 Å². The van der Waals surface area contributed by atoms with Crippen molar-refractivity contribution in [2.45, 2.75) is 26.5 Å². The van der Waals surface area contributed by atoms with Crippen LogP contribution in [0.3, 0.4) is 0 Å². The second-order valence-corrected chi connectivity index (χ2v) is 6.43. The number of nitrogens with one attached hydrogen (secondary N) is 1. The quantitative estimate of drug-likeness (QED) is 0.678. The van der Waals surface area contributed by atoms with Crippen molar-refractivity contribution in [1.82, 2.24) is 5.32 Å². The number of esters is 1. The number of phenols is 1. The van der Waals surface area contributed by atoms with E-state index >= 15 is 0 Å². The van der Waals surface area contributed by atoms with Gasteiger partial charge in [-0.3, -0.25) is 4.79 Å². The molecule has 0 spiro atoms. The third-order valence-electron chi connectivity index (χ3n) is 4.36. The van der Waals surface area contributed by atoms with Crippen LogP contribution in [0.2, 0.25) is 0 Å². The van der Waals surface area contributed by atoms with Gasteiger partial charge < -0.3 is 15.2 Å². The highest BCUT2D eigenvalue weighted by atomic mass is 16.5. The van der Waals surface area contributed by atoms with E-state index in [1.54, 1.807) is 18.2 Å². The van der Waals surface area contributed by atoms with Gasteiger partial charge in [-0.25, -0.2) is 4.79 Å². The highest BCUT2D eigenvalue weighted by molar-refractivity contribution is 6.01. The second kappa shape index (κ2) is 7.91. The van der Waals surface area contributed by atoms with Crippen molar-refractivity contribution in [3.63, 3.8) is 0 Å². The van der Waals surface area contributed by atoms with Crippen LogP contribution in [0.5, 0.6) is 5.75 Å². The van der Waals surface area contributed by atoms with E-state index in [9.17, 15) is 14.7 Å². The summed E-state index contributed by atoms with van der Waals surface area (Å²) in [6.07, 6.45) is -0.978. The number of rotatable bonds is 5. The lowest BCUT2D eigenvalue weighted by atomic mass is 10.1. The Morgan fingerprint density at radius 3 is 2.48 bits per heavy atom. The number of carbonyl (C=O) groups is 2. The van der Waals surface area contributed by atoms with Gasteiger partial charge in [0.1, 0.15) is 11.3 Å². The standard InChI is InChI=1S/C22H21NO4/c1-14-7-9-16(10-8-14)13-23-21(25)15(2)27-22(26)19-12-11-17-5-3-4-6-18(17)20(19)24/h3-12,15,24H,13H2,1-2H3,(H,23,25)/t15-/m1/s1. The number of fused-ring (bicyclic) bond motifs is 1. The molecule has 0 aliphatic rings. The van der Waals surface area contributed by atoms with E-state index < -0.39 is 18.0 Å². The van der Waals surface area contributed by atoms with E-state index in [1.807, 2.05) is 43.3 Å². The van der Waals surface area contributed by atoms with E-state index in [0.29, 0.717) is 11.9 Å². The molecule has 27 heavy (non-hydrogen) atoms. The van der Waals surface area contributed by atoms with E-state index in [-0.39, 0.29) is 11.3 Å². The van der Waals surface area contributed by atoms with Gasteiger partial charge in [-0.05, 0) is 30.9 Å². The average Bonchev–Trinajstić information content (AvgIpc) is 2.67. The minimum Gasteiger partial charge on any atom is -0.506 e. The number of phenolic OH excluding ortho intramolecular Hbond substituents is 1. The summed E-state index contributed by atoms with van der Waals surface area (Å²) in [7, 11) is 0. The summed E-state index contributed by atoms with van der Waals surface area (Å²) in [5.74, 6) is -1.29. The van der Waals surface area contributed by atoms with Crippen molar-refractivity contribution < 1.29 is 19.4 Å². The van der Waals surface area contributed by atoms with Gasteiger partial charge in [0.05, 0.1) is 0 Å². The fourth-order valence-electron chi connectivity index (χ4n) is 2.74. The van der Waals surface area contributed by atoms with Gasteiger partial charge in [0.2, 0.25) is 0 Å². The molecule has 3 rings (SSSR count). The molecule has 0 saturated carbocycles. The molecule has 0 bridgehead atoms. The summed E-state index contributed by atoms with van der Waals surface area (Å²) >= 11 is 0. The van der Waals surface area contributed by atoms with Gasteiger partial charge in [0.25, 0.3) is 5.91 Å². The van der Waals surface area contributed by atoms with Crippen LogP contribution >= 0.6 is 0 Å². The molecule has 0 aliphatic carbocycles. The molecule has 5 nitrogen and oxygen atoms in total. The van der Waals surface area contributed by atoms with Gasteiger partial charge in [-0.15, -0.1) is 0 Å². The smallest absolute Gasteiger partial charge is 0.342 e. The van der Waals surface area contributed by atoms with Crippen molar-refractivity contribution in [1.29, 1.82) is 0 Å². The zero-order valence-electron chi connectivity index (χ0n) is 15.2. The zero-order valence-corrected chi connectivity index (χ0v) is 15.2. The number of aryl methyl sites for hydroxylation is 1. The lowest BCUT2D eigenvalue weighted by Gasteiger charge is -2.14. The fourth-order valence-corrected chi connectivity index (χ4v) is 2.74. The number of amides is 1. The van der Waals surface area contributed by atoms with E-state index in [2.05, 4.69) is 5.32 Å². The molecular formula is C22H21NO4. The van der Waals surface area contributed by atoms with Crippen molar-refractivity contribution >= 4 is 22.6 Å². The van der Waals surface area contributed by atoms with E-state index in [0.717, 1.165) is 16.5 Å². The topological polar surface area (TPSA) is 75.6 Å². The van der Waals surface area contributed by atoms with Gasteiger partial charge in [-0.1, -0.05) is 60.2 Å². The minimum absolute atomic E-state index is 0.0342. The van der Waals surface area contributed by atoms with E-state index in [4.69, 9.17) is 4.74 Å². The molecule has 138 valence electrons. The van der Waals surface area contributed by atoms with Crippen LogP contribution in [0.1, 0.15) is 28.4 Å². The lowest BCUT2D eigenvalue weighted by molar-refractivity contribution is -0.129. The second-order valence-electron chi connectivity index (χ2n) is 6.43. The Kier molecular flexibility index (Phi) is 5.41. The molecule has 0 aromatic heterocycles. The maximum Gasteiger partial charge on any atom is 0.342 e. The SMILES string of the molecule is Cc1ccc(CNC(=O)[C@@H](C)OC(=O)c2ccc3ccccc3c2O)cc1. The van der Waals surface area contributed by atoms with Crippen LogP contribution in [-0.2, 0) is 16.1 Å². The Balaban J connectivity index is 1.63. The molecule has 0 aliphatic heterocycles. The fraction of sp³-hybridized carbons (Fsp3) is 0.182. The van der Waals surface area contributed by atoms with Crippen LogP contribution in [0.25, 0.3) is 10.8 Å². The number of benzene rings is 3. The highest BCUT2D eigenvalue weighted by Crippen LogP contribution is 2.29. The summed E-state index contributed by atoms with van der Waals surface area (Å²) in [5, 5.41) is 14.5. The summed E-state index contributed by atoms with van der Waals surface area (Å²) in [4.78, 5) is 24.6. The molecule has 2 N–H and O–H groups in total. The summed E-state index contributed by atoms with van der Waals surface area (Å²) < 4.78 is 5.22. The Morgan fingerprint density at radius 2 is 1.74 bits per heavy atom. The predicted octanol–water partition coefficient (Wildman–Crippen LogP) is 3.72. The third kappa shape index (κ3) is 4.26. The van der Waals surface area contributed by atoms with Crippen LogP contribution in [-0.4, -0.2) is 23.1 Å². The molecule has 0 heterocycles. The normalized spacial score (nSPS) is 11.8. The minimum atomic E-state index is -0.978. The average molecular weight is 363 g/mol. The number of carbonyl (C=O) groups excluding carboxylic acids is 2. The summed E-state index contributed by atoms with van der Waals surface area (Å²) in [6, 6.07) is 18.2. The molecule has 1 atom stereocenters. The van der Waals surface area contributed by atoms with Crippen molar-refractivity contribution in [2.24, 2.45) is 0 Å². The van der Waals surface area contributed by atoms with Gasteiger partial charge in [-0.2, -0.15) is 0 Å².